The van der Waals surface area contributed by atoms with Gasteiger partial charge in [0.1, 0.15) is 5.54 Å². The van der Waals surface area contributed by atoms with Crippen LogP contribution < -0.4 is 5.73 Å². The zero-order chi connectivity index (χ0) is 12.9. The van der Waals surface area contributed by atoms with Gasteiger partial charge in [0.2, 0.25) is 0 Å². The summed E-state index contributed by atoms with van der Waals surface area (Å²) in [5, 5.41) is 0. The van der Waals surface area contributed by atoms with Crippen LogP contribution >= 0.6 is 0 Å². The normalized spacial score (nSPS) is 20.5. The maximum atomic E-state index is 11.6. The van der Waals surface area contributed by atoms with Gasteiger partial charge in [0.15, 0.2) is 0 Å². The molecule has 0 bridgehead atoms. The van der Waals surface area contributed by atoms with E-state index in [4.69, 9.17) is 10.5 Å². The molecular formula is C13H26N2O2. The molecule has 1 aliphatic carbocycles. The molecule has 0 saturated heterocycles. The van der Waals surface area contributed by atoms with Crippen molar-refractivity contribution >= 4 is 5.97 Å². The second-order valence-corrected chi connectivity index (χ2v) is 5.31. The Morgan fingerprint density at radius 1 is 1.47 bits per heavy atom. The Morgan fingerprint density at radius 3 is 2.59 bits per heavy atom. The van der Waals surface area contributed by atoms with E-state index >= 15 is 0 Å². The molecule has 0 aromatic rings. The van der Waals surface area contributed by atoms with Crippen molar-refractivity contribution in [1.29, 1.82) is 0 Å². The fourth-order valence-electron chi connectivity index (χ4n) is 2.33. The number of hydrogen-bond donors (Lipinski definition) is 1. The van der Waals surface area contributed by atoms with E-state index in [1.165, 1.54) is 25.7 Å². The van der Waals surface area contributed by atoms with Crippen molar-refractivity contribution in [1.82, 2.24) is 4.90 Å². The molecule has 0 aromatic carbocycles. The van der Waals surface area contributed by atoms with Crippen LogP contribution in [0.5, 0.6) is 0 Å². The Balaban J connectivity index is 2.34. The molecule has 0 heterocycles. The molecule has 1 rings (SSSR count). The maximum Gasteiger partial charge on any atom is 0.325 e. The van der Waals surface area contributed by atoms with E-state index in [-0.39, 0.29) is 5.97 Å². The lowest BCUT2D eigenvalue weighted by Gasteiger charge is -2.28. The summed E-state index contributed by atoms with van der Waals surface area (Å²) in [5.41, 5.74) is 5.13. The Labute approximate surface area is 104 Å². The third-order valence-corrected chi connectivity index (χ3v) is 3.67. The van der Waals surface area contributed by atoms with E-state index in [0.717, 1.165) is 6.54 Å². The molecule has 1 unspecified atom stereocenters. The zero-order valence-corrected chi connectivity index (χ0v) is 11.4. The van der Waals surface area contributed by atoms with Crippen LogP contribution in [0.15, 0.2) is 0 Å². The minimum absolute atomic E-state index is 0.292. The van der Waals surface area contributed by atoms with E-state index < -0.39 is 5.54 Å². The summed E-state index contributed by atoms with van der Waals surface area (Å²) in [6, 6.07) is 0.674. The van der Waals surface area contributed by atoms with Crippen LogP contribution in [0.25, 0.3) is 0 Å². The highest BCUT2D eigenvalue weighted by Crippen LogP contribution is 2.23. The van der Waals surface area contributed by atoms with Gasteiger partial charge in [0.05, 0.1) is 6.61 Å². The molecule has 4 heteroatoms. The maximum absolute atomic E-state index is 11.6. The molecule has 17 heavy (non-hydrogen) atoms. The van der Waals surface area contributed by atoms with Gasteiger partial charge in [0.25, 0.3) is 0 Å². The number of carbonyl (C=O) groups excluding carboxylic acids is 1. The van der Waals surface area contributed by atoms with Crippen LogP contribution in [0, 0.1) is 0 Å². The van der Waals surface area contributed by atoms with Crippen molar-refractivity contribution in [3.63, 3.8) is 0 Å². The van der Waals surface area contributed by atoms with E-state index in [9.17, 15) is 4.79 Å². The zero-order valence-electron chi connectivity index (χ0n) is 11.4. The van der Waals surface area contributed by atoms with Gasteiger partial charge in [-0.05, 0) is 40.2 Å². The number of nitrogens with zero attached hydrogens (tertiary/aromatic N) is 1. The first-order valence-corrected chi connectivity index (χ1v) is 6.63. The summed E-state index contributed by atoms with van der Waals surface area (Å²) >= 11 is 0. The molecule has 0 spiro atoms. The van der Waals surface area contributed by atoms with E-state index in [1.54, 1.807) is 13.8 Å². The van der Waals surface area contributed by atoms with Gasteiger partial charge in [0, 0.05) is 12.6 Å². The van der Waals surface area contributed by atoms with Crippen LogP contribution in [0.4, 0.5) is 0 Å². The SMILES string of the molecule is CCOC(=O)C(C)(N)CCN(C)C1CCCC1. The van der Waals surface area contributed by atoms with Crippen molar-refractivity contribution in [2.24, 2.45) is 5.73 Å². The summed E-state index contributed by atoms with van der Waals surface area (Å²) in [4.78, 5) is 14.0. The third kappa shape index (κ3) is 4.28. The first kappa shape index (κ1) is 14.5. The van der Waals surface area contributed by atoms with E-state index in [0.29, 0.717) is 19.1 Å². The fourth-order valence-corrected chi connectivity index (χ4v) is 2.33. The van der Waals surface area contributed by atoms with Gasteiger partial charge in [-0.2, -0.15) is 0 Å². The lowest BCUT2D eigenvalue weighted by molar-refractivity contribution is -0.149. The molecule has 0 radical (unpaired) electrons. The van der Waals surface area contributed by atoms with Crippen molar-refractivity contribution in [2.45, 2.75) is 57.5 Å². The van der Waals surface area contributed by atoms with Crippen molar-refractivity contribution in [3.05, 3.63) is 0 Å². The first-order valence-electron chi connectivity index (χ1n) is 6.63. The van der Waals surface area contributed by atoms with Crippen LogP contribution in [0.1, 0.15) is 46.0 Å². The minimum atomic E-state index is -0.858. The second kappa shape index (κ2) is 6.36. The van der Waals surface area contributed by atoms with E-state index in [1.807, 2.05) is 0 Å². The molecule has 1 atom stereocenters. The molecular weight excluding hydrogens is 216 g/mol. The van der Waals surface area contributed by atoms with Crippen LogP contribution in [-0.4, -0.2) is 42.6 Å². The molecule has 1 saturated carbocycles. The standard InChI is InChI=1S/C13H26N2O2/c1-4-17-12(16)13(2,14)9-10-15(3)11-7-5-6-8-11/h11H,4-10,14H2,1-3H3. The van der Waals surface area contributed by atoms with Crippen molar-refractivity contribution in [2.75, 3.05) is 20.2 Å². The molecule has 0 aromatic heterocycles. The average molecular weight is 242 g/mol. The monoisotopic (exact) mass is 242 g/mol. The molecule has 4 nitrogen and oxygen atoms in total. The summed E-state index contributed by atoms with van der Waals surface area (Å²) in [6.07, 6.45) is 5.85. The molecule has 1 fully saturated rings. The summed E-state index contributed by atoms with van der Waals surface area (Å²) in [5.74, 6) is -0.292. The van der Waals surface area contributed by atoms with Crippen molar-refractivity contribution in [3.8, 4) is 0 Å². The number of esters is 1. The quantitative estimate of drug-likeness (QED) is 0.718. The molecule has 0 aliphatic heterocycles. The minimum Gasteiger partial charge on any atom is -0.465 e. The Hall–Kier alpha value is -0.610. The van der Waals surface area contributed by atoms with Crippen LogP contribution in [0.2, 0.25) is 0 Å². The topological polar surface area (TPSA) is 55.6 Å². The smallest absolute Gasteiger partial charge is 0.325 e. The van der Waals surface area contributed by atoms with Gasteiger partial charge >= 0.3 is 5.97 Å². The molecule has 2 N–H and O–H groups in total. The number of hydrogen-bond acceptors (Lipinski definition) is 4. The van der Waals surface area contributed by atoms with Gasteiger partial charge in [-0.1, -0.05) is 12.8 Å². The lowest BCUT2D eigenvalue weighted by atomic mass is 9.99. The van der Waals surface area contributed by atoms with Gasteiger partial charge in [-0.3, -0.25) is 4.79 Å². The third-order valence-electron chi connectivity index (χ3n) is 3.67. The molecule has 100 valence electrons. The summed E-state index contributed by atoms with van der Waals surface area (Å²) < 4.78 is 4.98. The lowest BCUT2D eigenvalue weighted by Crippen LogP contribution is -2.48. The number of rotatable bonds is 6. The molecule has 0 amide bonds. The highest BCUT2D eigenvalue weighted by molar-refractivity contribution is 5.79. The van der Waals surface area contributed by atoms with Crippen LogP contribution in [-0.2, 0) is 9.53 Å². The van der Waals surface area contributed by atoms with Crippen molar-refractivity contribution < 1.29 is 9.53 Å². The first-order chi connectivity index (χ1) is 7.97. The summed E-state index contributed by atoms with van der Waals surface area (Å²) in [6.45, 7) is 4.81. The number of carbonyl (C=O) groups is 1. The molecule has 1 aliphatic rings. The van der Waals surface area contributed by atoms with E-state index in [2.05, 4.69) is 11.9 Å². The van der Waals surface area contributed by atoms with Gasteiger partial charge < -0.3 is 15.4 Å². The Bertz CT molecular complexity index is 248. The second-order valence-electron chi connectivity index (χ2n) is 5.31. The number of nitrogens with two attached hydrogens (primary N) is 1. The van der Waals surface area contributed by atoms with Gasteiger partial charge in [-0.15, -0.1) is 0 Å². The van der Waals surface area contributed by atoms with Crippen LogP contribution in [0.3, 0.4) is 0 Å². The summed E-state index contributed by atoms with van der Waals surface area (Å²) in [7, 11) is 2.12. The largest absolute Gasteiger partial charge is 0.465 e. The highest BCUT2D eigenvalue weighted by Gasteiger charge is 2.31. The Morgan fingerprint density at radius 2 is 2.06 bits per heavy atom. The predicted molar refractivity (Wildman–Crippen MR) is 68.7 cm³/mol. The predicted octanol–water partition coefficient (Wildman–Crippen LogP) is 1.53. The fraction of sp³-hybridized carbons (Fsp3) is 0.923. The number of ether oxygens (including phenoxy) is 1. The average Bonchev–Trinajstić information content (AvgIpc) is 2.79. The Kier molecular flexibility index (Phi) is 5.40. The van der Waals surface area contributed by atoms with Gasteiger partial charge in [-0.25, -0.2) is 0 Å². The highest BCUT2D eigenvalue weighted by atomic mass is 16.5.